The molecule has 1 atom stereocenters. The zero-order valence-corrected chi connectivity index (χ0v) is 16.7. The molecule has 27 heavy (non-hydrogen) atoms. The average Bonchev–Trinajstić information content (AvgIpc) is 3.07. The number of aryl methyl sites for hydroxylation is 2. The van der Waals surface area contributed by atoms with Crippen LogP contribution in [0.4, 0.5) is 5.82 Å². The van der Waals surface area contributed by atoms with Gasteiger partial charge in [0.15, 0.2) is 0 Å². The smallest absolute Gasteiger partial charge is 0.237 e. The first-order chi connectivity index (χ1) is 13.1. The number of hydrogen-bond donors (Lipinski definition) is 4. The van der Waals surface area contributed by atoms with E-state index < -0.39 is 0 Å². The fourth-order valence-corrected chi connectivity index (χ4v) is 4.11. The Morgan fingerprint density at radius 2 is 2.11 bits per heavy atom. The molecule has 2 fully saturated rings. The van der Waals surface area contributed by atoms with Gasteiger partial charge in [-0.1, -0.05) is 13.3 Å². The number of aromatic nitrogens is 2. The molecule has 7 heteroatoms. The van der Waals surface area contributed by atoms with Gasteiger partial charge in [-0.15, -0.1) is 0 Å². The lowest BCUT2D eigenvalue weighted by Crippen LogP contribution is -2.42. The second-order valence-electron chi connectivity index (χ2n) is 8.02. The van der Waals surface area contributed by atoms with Crippen LogP contribution in [0.2, 0.25) is 0 Å². The first-order valence-corrected chi connectivity index (χ1v) is 10.4. The number of carbonyl (C=O) groups is 1. The van der Waals surface area contributed by atoms with Crippen LogP contribution in [0.3, 0.4) is 0 Å². The fourth-order valence-electron chi connectivity index (χ4n) is 4.11. The van der Waals surface area contributed by atoms with Crippen molar-refractivity contribution in [3.05, 3.63) is 17.6 Å². The van der Waals surface area contributed by atoms with Gasteiger partial charge in [0.1, 0.15) is 11.6 Å². The summed E-state index contributed by atoms with van der Waals surface area (Å²) in [7, 11) is 0. The molecule has 1 unspecified atom stereocenters. The van der Waals surface area contributed by atoms with E-state index in [-0.39, 0.29) is 11.9 Å². The number of rotatable bonds is 8. The molecule has 0 radical (unpaired) electrons. The highest BCUT2D eigenvalue weighted by molar-refractivity contribution is 5.82. The second kappa shape index (κ2) is 9.46. The predicted molar refractivity (Wildman–Crippen MR) is 108 cm³/mol. The van der Waals surface area contributed by atoms with Crippen LogP contribution in [0, 0.1) is 12.3 Å². The maximum Gasteiger partial charge on any atom is 0.237 e. The largest absolute Gasteiger partial charge is 0.368 e. The summed E-state index contributed by atoms with van der Waals surface area (Å²) in [5, 5.41) is 13.2. The number of carbonyl (C=O) groups excluding carboxylic acids is 1. The molecule has 2 aliphatic heterocycles. The van der Waals surface area contributed by atoms with Crippen LogP contribution in [0.1, 0.15) is 50.5 Å². The summed E-state index contributed by atoms with van der Waals surface area (Å²) in [5.74, 6) is 1.86. The number of amides is 1. The molecule has 4 N–H and O–H groups in total. The van der Waals surface area contributed by atoms with Crippen molar-refractivity contribution >= 4 is 11.7 Å². The van der Waals surface area contributed by atoms with Crippen LogP contribution in [0.15, 0.2) is 6.07 Å². The third-order valence-corrected chi connectivity index (χ3v) is 5.73. The maximum atomic E-state index is 12.5. The quantitative estimate of drug-likeness (QED) is 0.514. The molecule has 0 bridgehead atoms. The van der Waals surface area contributed by atoms with Gasteiger partial charge in [-0.05, 0) is 51.1 Å². The van der Waals surface area contributed by atoms with Crippen molar-refractivity contribution in [1.82, 2.24) is 25.9 Å². The highest BCUT2D eigenvalue weighted by atomic mass is 16.2. The van der Waals surface area contributed by atoms with Crippen LogP contribution < -0.4 is 21.3 Å². The molecule has 0 aromatic carbocycles. The number of nitrogens with zero attached hydrogens (tertiary/aromatic N) is 2. The molecule has 2 aliphatic rings. The lowest BCUT2D eigenvalue weighted by atomic mass is 9.77. The van der Waals surface area contributed by atoms with E-state index in [0.717, 1.165) is 62.7 Å². The Morgan fingerprint density at radius 3 is 2.89 bits per heavy atom. The minimum atomic E-state index is -0.0509. The Kier molecular flexibility index (Phi) is 7.01. The van der Waals surface area contributed by atoms with Crippen LogP contribution in [0.5, 0.6) is 0 Å². The third kappa shape index (κ3) is 5.62. The van der Waals surface area contributed by atoms with Crippen LogP contribution in [0.25, 0.3) is 0 Å². The van der Waals surface area contributed by atoms with Crippen LogP contribution in [-0.4, -0.2) is 54.6 Å². The van der Waals surface area contributed by atoms with E-state index >= 15 is 0 Å². The van der Waals surface area contributed by atoms with E-state index in [4.69, 9.17) is 0 Å². The predicted octanol–water partition coefficient (Wildman–Crippen LogP) is 1.39. The van der Waals surface area contributed by atoms with E-state index in [2.05, 4.69) is 38.2 Å². The summed E-state index contributed by atoms with van der Waals surface area (Å²) in [6.45, 7) is 8.52. The zero-order valence-electron chi connectivity index (χ0n) is 16.7. The molecule has 1 amide bonds. The molecule has 1 aromatic heterocycles. The monoisotopic (exact) mass is 374 g/mol. The Labute approximate surface area is 162 Å². The molecule has 3 heterocycles. The van der Waals surface area contributed by atoms with E-state index in [1.165, 1.54) is 12.8 Å². The molecule has 150 valence electrons. The van der Waals surface area contributed by atoms with Gasteiger partial charge < -0.3 is 21.3 Å². The Bertz CT molecular complexity index is 629. The Balaban J connectivity index is 1.40. The van der Waals surface area contributed by atoms with Crippen molar-refractivity contribution in [3.63, 3.8) is 0 Å². The van der Waals surface area contributed by atoms with Gasteiger partial charge in [-0.3, -0.25) is 4.79 Å². The van der Waals surface area contributed by atoms with Crippen molar-refractivity contribution < 1.29 is 4.79 Å². The van der Waals surface area contributed by atoms with Gasteiger partial charge in [-0.25, -0.2) is 9.97 Å². The topological polar surface area (TPSA) is 91.0 Å². The van der Waals surface area contributed by atoms with Gasteiger partial charge in [0.25, 0.3) is 0 Å². The molecular weight excluding hydrogens is 340 g/mol. The lowest BCUT2D eigenvalue weighted by molar-refractivity contribution is -0.122. The van der Waals surface area contributed by atoms with E-state index in [0.29, 0.717) is 18.5 Å². The summed E-state index contributed by atoms with van der Waals surface area (Å²) in [5.41, 5.74) is 1.30. The number of nitrogens with one attached hydrogen (secondary N) is 4. The summed E-state index contributed by atoms with van der Waals surface area (Å²) in [4.78, 5) is 21.5. The average molecular weight is 375 g/mol. The number of anilines is 1. The molecule has 3 rings (SSSR count). The first-order valence-electron chi connectivity index (χ1n) is 10.4. The molecule has 0 saturated carbocycles. The summed E-state index contributed by atoms with van der Waals surface area (Å²) in [6.07, 6.45) is 6.44. The molecule has 1 aromatic rings. The fraction of sp³-hybridized carbons (Fsp3) is 0.750. The van der Waals surface area contributed by atoms with E-state index in [9.17, 15) is 4.79 Å². The maximum absolute atomic E-state index is 12.5. The lowest BCUT2D eigenvalue weighted by Gasteiger charge is -2.33. The van der Waals surface area contributed by atoms with Gasteiger partial charge in [0.05, 0.1) is 6.04 Å². The SMILES string of the molecule is CCCCc1nc(C)cc(NCCNC(=O)C2CC3(CCNCC3)CN2)n1. The van der Waals surface area contributed by atoms with Gasteiger partial charge in [0.2, 0.25) is 5.91 Å². The normalized spacial score (nSPS) is 21.3. The van der Waals surface area contributed by atoms with Crippen molar-refractivity contribution in [2.45, 2.75) is 58.4 Å². The number of hydrogen-bond acceptors (Lipinski definition) is 6. The van der Waals surface area contributed by atoms with Gasteiger partial charge in [-0.2, -0.15) is 0 Å². The van der Waals surface area contributed by atoms with E-state index in [1.54, 1.807) is 0 Å². The molecule has 0 aliphatic carbocycles. The summed E-state index contributed by atoms with van der Waals surface area (Å²) in [6, 6.07) is 1.90. The van der Waals surface area contributed by atoms with E-state index in [1.807, 2.05) is 13.0 Å². The van der Waals surface area contributed by atoms with Crippen molar-refractivity contribution in [2.24, 2.45) is 5.41 Å². The molecule has 2 saturated heterocycles. The third-order valence-electron chi connectivity index (χ3n) is 5.73. The Morgan fingerprint density at radius 1 is 1.30 bits per heavy atom. The van der Waals surface area contributed by atoms with Crippen molar-refractivity contribution in [2.75, 3.05) is 38.0 Å². The van der Waals surface area contributed by atoms with Gasteiger partial charge in [0, 0.05) is 37.8 Å². The molecular formula is C20H34N6O. The molecule has 7 nitrogen and oxygen atoms in total. The summed E-state index contributed by atoms with van der Waals surface area (Å²) >= 11 is 0. The highest BCUT2D eigenvalue weighted by Gasteiger charge is 2.41. The zero-order chi connectivity index (χ0) is 19.1. The van der Waals surface area contributed by atoms with Gasteiger partial charge >= 0.3 is 0 Å². The first kappa shape index (κ1) is 20.0. The second-order valence-corrected chi connectivity index (χ2v) is 8.02. The number of unbranched alkanes of at least 4 members (excludes halogenated alkanes) is 1. The standard InChI is InChI=1S/C20H34N6O/c1-3-4-5-17-25-15(2)12-18(26-17)22-10-11-23-19(27)16-13-20(14-24-16)6-8-21-9-7-20/h12,16,21,24H,3-11,13-14H2,1-2H3,(H,23,27)(H,22,25,26). The van der Waals surface area contributed by atoms with Crippen molar-refractivity contribution in [1.29, 1.82) is 0 Å². The highest BCUT2D eigenvalue weighted by Crippen LogP contribution is 2.37. The van der Waals surface area contributed by atoms with Crippen LogP contribution >= 0.6 is 0 Å². The van der Waals surface area contributed by atoms with Crippen LogP contribution in [-0.2, 0) is 11.2 Å². The minimum Gasteiger partial charge on any atom is -0.368 e. The van der Waals surface area contributed by atoms with Crippen molar-refractivity contribution in [3.8, 4) is 0 Å². The number of piperidine rings is 1. The summed E-state index contributed by atoms with van der Waals surface area (Å²) < 4.78 is 0. The Hall–Kier alpha value is -1.73. The molecule has 1 spiro atoms. The minimum absolute atomic E-state index is 0.0509.